The average molecular weight is 268 g/mol. The van der Waals surface area contributed by atoms with Crippen LogP contribution >= 0.6 is 22.9 Å². The van der Waals surface area contributed by atoms with E-state index in [4.69, 9.17) is 11.6 Å². The van der Waals surface area contributed by atoms with E-state index >= 15 is 0 Å². The highest BCUT2D eigenvalue weighted by molar-refractivity contribution is 7.18. The molecule has 0 saturated carbocycles. The molecular weight excluding hydrogens is 258 g/mol. The molecular formula is C12H10ClNO2S. The van der Waals surface area contributed by atoms with Crippen molar-refractivity contribution < 1.29 is 9.90 Å². The van der Waals surface area contributed by atoms with Crippen LogP contribution in [0, 0.1) is 6.92 Å². The summed E-state index contributed by atoms with van der Waals surface area (Å²) in [7, 11) is 0. The summed E-state index contributed by atoms with van der Waals surface area (Å²) in [6, 6.07) is 8.33. The number of carbonyl (C=O) groups excluding carboxylic acids is 1. The molecule has 88 valence electrons. The van der Waals surface area contributed by atoms with E-state index in [1.807, 2.05) is 0 Å². The Morgan fingerprint density at radius 1 is 1.35 bits per heavy atom. The van der Waals surface area contributed by atoms with Crippen molar-refractivity contribution in [3.05, 3.63) is 45.1 Å². The second-order valence-electron chi connectivity index (χ2n) is 3.56. The maximum absolute atomic E-state index is 11.8. The number of benzene rings is 1. The largest absolute Gasteiger partial charge is 0.508 e. The molecule has 1 aromatic heterocycles. The molecule has 2 aromatic rings. The van der Waals surface area contributed by atoms with Crippen molar-refractivity contribution in [3.63, 3.8) is 0 Å². The molecule has 0 aliphatic heterocycles. The Morgan fingerprint density at radius 3 is 2.71 bits per heavy atom. The molecule has 0 saturated heterocycles. The molecule has 0 unspecified atom stereocenters. The lowest BCUT2D eigenvalue weighted by Gasteiger charge is -2.05. The maximum atomic E-state index is 11.8. The quantitative estimate of drug-likeness (QED) is 0.872. The van der Waals surface area contributed by atoms with E-state index in [0.29, 0.717) is 14.9 Å². The van der Waals surface area contributed by atoms with Crippen molar-refractivity contribution in [1.29, 1.82) is 0 Å². The van der Waals surface area contributed by atoms with Gasteiger partial charge in [0.2, 0.25) is 0 Å². The predicted molar refractivity (Wildman–Crippen MR) is 70.1 cm³/mol. The number of halogens is 1. The van der Waals surface area contributed by atoms with Crippen molar-refractivity contribution in [2.24, 2.45) is 0 Å². The summed E-state index contributed by atoms with van der Waals surface area (Å²) in [6.07, 6.45) is 0. The second-order valence-corrected chi connectivity index (χ2v) is 5.27. The minimum atomic E-state index is -0.231. The van der Waals surface area contributed by atoms with E-state index in [9.17, 15) is 9.90 Å². The maximum Gasteiger partial charge on any atom is 0.265 e. The molecule has 1 heterocycles. The number of anilines is 1. The topological polar surface area (TPSA) is 49.3 Å². The second kappa shape index (κ2) is 4.77. The first-order valence-electron chi connectivity index (χ1n) is 4.92. The number of carbonyl (C=O) groups is 1. The molecule has 0 aliphatic rings. The molecule has 0 bridgehead atoms. The van der Waals surface area contributed by atoms with Crippen LogP contribution in [0.2, 0.25) is 4.34 Å². The first kappa shape index (κ1) is 12.0. The number of nitrogens with one attached hydrogen (secondary N) is 1. The number of phenols is 1. The summed E-state index contributed by atoms with van der Waals surface area (Å²) >= 11 is 6.97. The number of aromatic hydroxyl groups is 1. The Kier molecular flexibility index (Phi) is 3.36. The van der Waals surface area contributed by atoms with Crippen LogP contribution in [0.4, 0.5) is 5.69 Å². The average Bonchev–Trinajstić information content (AvgIpc) is 2.70. The SMILES string of the molecule is Cc1ccc(NC(=O)c2ccc(Cl)s2)cc1O. The molecule has 1 amide bonds. The van der Waals surface area contributed by atoms with Crippen LogP contribution in [0.3, 0.4) is 0 Å². The van der Waals surface area contributed by atoms with Gasteiger partial charge in [0.15, 0.2) is 0 Å². The number of hydrogen-bond donors (Lipinski definition) is 2. The molecule has 0 spiro atoms. The molecule has 5 heteroatoms. The lowest BCUT2D eigenvalue weighted by Crippen LogP contribution is -2.09. The standard InChI is InChI=1S/C12H10ClNO2S/c1-7-2-3-8(6-9(7)15)14-12(16)10-4-5-11(13)17-10/h2-6,15H,1H3,(H,14,16). The van der Waals surface area contributed by atoms with E-state index in [2.05, 4.69) is 5.32 Å². The van der Waals surface area contributed by atoms with Crippen molar-refractivity contribution in [2.75, 3.05) is 5.32 Å². The van der Waals surface area contributed by atoms with Crippen molar-refractivity contribution in [1.82, 2.24) is 0 Å². The first-order valence-corrected chi connectivity index (χ1v) is 6.12. The summed E-state index contributed by atoms with van der Waals surface area (Å²) in [5, 5.41) is 12.2. The van der Waals surface area contributed by atoms with Crippen molar-refractivity contribution >= 4 is 34.5 Å². The zero-order valence-corrected chi connectivity index (χ0v) is 10.6. The number of phenolic OH excluding ortho intramolecular Hbond substituents is 1. The van der Waals surface area contributed by atoms with Gasteiger partial charge in [0.05, 0.1) is 9.21 Å². The Labute approximate surface area is 108 Å². The van der Waals surface area contributed by atoms with Gasteiger partial charge in [0, 0.05) is 11.8 Å². The Hall–Kier alpha value is -1.52. The van der Waals surface area contributed by atoms with Crippen molar-refractivity contribution in [2.45, 2.75) is 6.92 Å². The summed E-state index contributed by atoms with van der Waals surface area (Å²) in [4.78, 5) is 12.3. The Balaban J connectivity index is 2.15. The summed E-state index contributed by atoms with van der Waals surface area (Å²) in [6.45, 7) is 1.79. The third-order valence-electron chi connectivity index (χ3n) is 2.26. The van der Waals surface area contributed by atoms with Gasteiger partial charge in [-0.15, -0.1) is 11.3 Å². The summed E-state index contributed by atoms with van der Waals surface area (Å²) < 4.78 is 0.571. The number of amides is 1. The van der Waals surface area contributed by atoms with Gasteiger partial charge in [-0.3, -0.25) is 4.79 Å². The van der Waals surface area contributed by atoms with Crippen molar-refractivity contribution in [3.8, 4) is 5.75 Å². The highest BCUT2D eigenvalue weighted by Gasteiger charge is 2.09. The van der Waals surface area contributed by atoms with E-state index in [1.54, 1.807) is 31.2 Å². The number of aryl methyl sites for hydroxylation is 1. The Bertz CT molecular complexity index is 565. The smallest absolute Gasteiger partial charge is 0.265 e. The van der Waals surface area contributed by atoms with E-state index in [0.717, 1.165) is 5.56 Å². The minimum Gasteiger partial charge on any atom is -0.508 e. The lowest BCUT2D eigenvalue weighted by molar-refractivity contribution is 0.103. The summed E-state index contributed by atoms with van der Waals surface area (Å²) in [5.41, 5.74) is 1.32. The van der Waals surface area contributed by atoms with Gasteiger partial charge in [-0.05, 0) is 30.7 Å². The highest BCUT2D eigenvalue weighted by atomic mass is 35.5. The summed E-state index contributed by atoms with van der Waals surface area (Å²) in [5.74, 6) is -0.0721. The van der Waals surface area contributed by atoms with Gasteiger partial charge in [-0.2, -0.15) is 0 Å². The van der Waals surface area contributed by atoms with Gasteiger partial charge in [-0.1, -0.05) is 17.7 Å². The molecule has 0 fully saturated rings. The molecule has 2 rings (SSSR count). The van der Waals surface area contributed by atoms with E-state index in [1.165, 1.54) is 17.4 Å². The van der Waals surface area contributed by atoms with Crippen LogP contribution in [-0.2, 0) is 0 Å². The fraction of sp³-hybridized carbons (Fsp3) is 0.0833. The zero-order chi connectivity index (χ0) is 12.4. The van der Waals surface area contributed by atoms with E-state index in [-0.39, 0.29) is 11.7 Å². The monoisotopic (exact) mass is 267 g/mol. The molecule has 2 N–H and O–H groups in total. The van der Waals surface area contributed by atoms with Gasteiger partial charge in [-0.25, -0.2) is 0 Å². The third kappa shape index (κ3) is 2.78. The van der Waals surface area contributed by atoms with Gasteiger partial charge in [0.25, 0.3) is 5.91 Å². The number of thiophene rings is 1. The van der Waals surface area contributed by atoms with E-state index < -0.39 is 0 Å². The normalized spacial score (nSPS) is 10.2. The molecule has 3 nitrogen and oxygen atoms in total. The molecule has 17 heavy (non-hydrogen) atoms. The molecule has 0 atom stereocenters. The fourth-order valence-corrected chi connectivity index (χ4v) is 2.25. The molecule has 1 aromatic carbocycles. The van der Waals surface area contributed by atoms with Gasteiger partial charge in [0.1, 0.15) is 5.75 Å². The Morgan fingerprint density at radius 2 is 2.12 bits per heavy atom. The van der Waals surface area contributed by atoms with Crippen LogP contribution in [0.1, 0.15) is 15.2 Å². The van der Waals surface area contributed by atoms with Gasteiger partial charge >= 0.3 is 0 Å². The zero-order valence-electron chi connectivity index (χ0n) is 9.03. The lowest BCUT2D eigenvalue weighted by atomic mass is 10.2. The van der Waals surface area contributed by atoms with Crippen LogP contribution < -0.4 is 5.32 Å². The number of rotatable bonds is 2. The minimum absolute atomic E-state index is 0.159. The van der Waals surface area contributed by atoms with Gasteiger partial charge < -0.3 is 10.4 Å². The van der Waals surface area contributed by atoms with Crippen LogP contribution in [0.25, 0.3) is 0 Å². The number of hydrogen-bond acceptors (Lipinski definition) is 3. The van der Waals surface area contributed by atoms with Crippen LogP contribution in [0.5, 0.6) is 5.75 Å². The van der Waals surface area contributed by atoms with Crippen LogP contribution in [-0.4, -0.2) is 11.0 Å². The fourth-order valence-electron chi connectivity index (χ4n) is 1.32. The van der Waals surface area contributed by atoms with Crippen LogP contribution in [0.15, 0.2) is 30.3 Å². The molecule has 0 radical (unpaired) electrons. The molecule has 0 aliphatic carbocycles. The predicted octanol–water partition coefficient (Wildman–Crippen LogP) is 3.67. The first-order chi connectivity index (χ1) is 8.06. The highest BCUT2D eigenvalue weighted by Crippen LogP contribution is 2.24. The third-order valence-corrected chi connectivity index (χ3v) is 3.49.